The first-order valence-corrected chi connectivity index (χ1v) is 11.0. The molecule has 0 atom stereocenters. The number of carbonyl (C=O) groups excluding carboxylic acids is 1. The molecule has 1 aromatic carbocycles. The van der Waals surface area contributed by atoms with Gasteiger partial charge < -0.3 is 5.84 Å². The predicted octanol–water partition coefficient (Wildman–Crippen LogP) is 4.93. The Morgan fingerprint density at radius 1 is 1.21 bits per heavy atom. The van der Waals surface area contributed by atoms with E-state index in [1.165, 1.54) is 18.4 Å². The van der Waals surface area contributed by atoms with Crippen LogP contribution in [0, 0.1) is 0 Å². The number of fused-ring (bicyclic) bond motifs is 1. The lowest BCUT2D eigenvalue weighted by molar-refractivity contribution is 0.103. The van der Waals surface area contributed by atoms with Crippen molar-refractivity contribution in [2.24, 2.45) is 0 Å². The lowest BCUT2D eigenvalue weighted by Crippen LogP contribution is -2.37. The molecule has 0 spiro atoms. The Labute approximate surface area is 170 Å². The monoisotopic (exact) mass is 393 g/mol. The molecule has 0 saturated heterocycles. The third-order valence-electron chi connectivity index (χ3n) is 5.92. The van der Waals surface area contributed by atoms with Crippen molar-refractivity contribution in [1.82, 2.24) is 9.58 Å². The molecule has 146 valence electrons. The fraction of sp³-hybridized carbons (Fsp3) is 0.348. The summed E-state index contributed by atoms with van der Waals surface area (Å²) in [5, 5.41) is 4.90. The van der Waals surface area contributed by atoms with Crippen LogP contribution in [-0.4, -0.2) is 34.5 Å². The Bertz CT molecular complexity index is 1010. The summed E-state index contributed by atoms with van der Waals surface area (Å²) in [6, 6.07) is 8.37. The van der Waals surface area contributed by atoms with Crippen LogP contribution < -0.4 is 5.84 Å². The highest BCUT2D eigenvalue weighted by molar-refractivity contribution is 7.08. The van der Waals surface area contributed by atoms with E-state index in [0.717, 1.165) is 41.5 Å². The Morgan fingerprint density at radius 2 is 2.04 bits per heavy atom. The minimum Gasteiger partial charge on any atom is -0.339 e. The molecule has 0 unspecified atom stereocenters. The highest BCUT2D eigenvalue weighted by Gasteiger charge is 2.21. The van der Waals surface area contributed by atoms with Crippen LogP contribution in [0.3, 0.4) is 0 Å². The van der Waals surface area contributed by atoms with Crippen molar-refractivity contribution in [3.05, 3.63) is 64.0 Å². The highest BCUT2D eigenvalue weighted by atomic mass is 32.1. The molecule has 0 amide bonds. The molecular weight excluding hydrogens is 366 g/mol. The number of aromatic nitrogens is 1. The van der Waals surface area contributed by atoms with Gasteiger partial charge >= 0.3 is 0 Å². The Hall–Kier alpha value is -2.37. The van der Waals surface area contributed by atoms with Gasteiger partial charge in [-0.15, -0.1) is 0 Å². The molecule has 3 aromatic rings. The molecule has 0 bridgehead atoms. The number of benzene rings is 1. The van der Waals surface area contributed by atoms with Gasteiger partial charge in [0.25, 0.3) is 0 Å². The highest BCUT2D eigenvalue weighted by Crippen LogP contribution is 2.32. The van der Waals surface area contributed by atoms with Gasteiger partial charge in [0.15, 0.2) is 5.78 Å². The number of nitrogens with two attached hydrogens (primary N) is 1. The van der Waals surface area contributed by atoms with E-state index in [2.05, 4.69) is 24.8 Å². The molecule has 1 aliphatic heterocycles. The van der Waals surface area contributed by atoms with Crippen LogP contribution in [0.1, 0.15) is 54.6 Å². The average Bonchev–Trinajstić information content (AvgIpc) is 3.37. The molecule has 0 saturated carbocycles. The fourth-order valence-corrected chi connectivity index (χ4v) is 4.91. The Morgan fingerprint density at radius 3 is 2.68 bits per heavy atom. The molecule has 0 radical (unpaired) electrons. The number of rotatable bonds is 6. The minimum absolute atomic E-state index is 0.0661. The van der Waals surface area contributed by atoms with E-state index >= 15 is 0 Å². The number of nitrogen functional groups attached to an aromatic ring is 1. The van der Waals surface area contributed by atoms with Crippen LogP contribution in [0.15, 0.2) is 47.3 Å². The van der Waals surface area contributed by atoms with E-state index in [-0.39, 0.29) is 5.78 Å². The van der Waals surface area contributed by atoms with Crippen LogP contribution >= 0.6 is 11.3 Å². The average molecular weight is 394 g/mol. The number of ketones is 1. The maximum absolute atomic E-state index is 12.8. The summed E-state index contributed by atoms with van der Waals surface area (Å²) in [6.45, 7) is 6.58. The second kappa shape index (κ2) is 7.94. The van der Waals surface area contributed by atoms with Crippen molar-refractivity contribution in [2.45, 2.75) is 39.2 Å². The van der Waals surface area contributed by atoms with Gasteiger partial charge in [-0.3, -0.25) is 14.4 Å². The quantitative estimate of drug-likeness (QED) is 0.477. The van der Waals surface area contributed by atoms with E-state index in [0.29, 0.717) is 11.6 Å². The maximum Gasteiger partial charge on any atom is 0.193 e. The molecule has 1 aliphatic rings. The zero-order chi connectivity index (χ0) is 19.7. The van der Waals surface area contributed by atoms with Gasteiger partial charge in [0.1, 0.15) is 0 Å². The molecule has 0 aliphatic carbocycles. The van der Waals surface area contributed by atoms with E-state index < -0.39 is 0 Å². The molecule has 28 heavy (non-hydrogen) atoms. The SMILES string of the molecule is CCC(CC)N1CC=C(c2cn(N)c3ccc(C(=O)c4ccsc4)cc23)CC1. The third kappa shape index (κ3) is 3.40. The van der Waals surface area contributed by atoms with Gasteiger partial charge in [-0.05, 0) is 54.5 Å². The molecule has 4 rings (SSSR count). The van der Waals surface area contributed by atoms with Crippen molar-refractivity contribution in [2.75, 3.05) is 18.9 Å². The zero-order valence-electron chi connectivity index (χ0n) is 16.5. The van der Waals surface area contributed by atoms with Crippen molar-refractivity contribution in [3.8, 4) is 0 Å². The maximum atomic E-state index is 12.8. The summed E-state index contributed by atoms with van der Waals surface area (Å²) >= 11 is 1.54. The molecule has 2 aromatic heterocycles. The topological polar surface area (TPSA) is 51.3 Å². The smallest absolute Gasteiger partial charge is 0.193 e. The first kappa shape index (κ1) is 19.0. The summed E-state index contributed by atoms with van der Waals surface area (Å²) < 4.78 is 1.68. The predicted molar refractivity (Wildman–Crippen MR) is 118 cm³/mol. The van der Waals surface area contributed by atoms with Crippen LogP contribution in [0.4, 0.5) is 0 Å². The van der Waals surface area contributed by atoms with Crippen LogP contribution in [0.2, 0.25) is 0 Å². The normalized spacial score (nSPS) is 15.3. The summed E-state index contributed by atoms with van der Waals surface area (Å²) in [5.41, 5.74) is 4.91. The zero-order valence-corrected chi connectivity index (χ0v) is 17.3. The molecule has 2 N–H and O–H groups in total. The first-order valence-electron chi connectivity index (χ1n) is 10.0. The Kier molecular flexibility index (Phi) is 5.38. The number of hydrogen-bond donors (Lipinski definition) is 1. The van der Waals surface area contributed by atoms with Crippen molar-refractivity contribution in [3.63, 3.8) is 0 Å². The fourth-order valence-electron chi connectivity index (χ4n) is 4.28. The number of nitrogens with zero attached hydrogens (tertiary/aromatic N) is 2. The van der Waals surface area contributed by atoms with Crippen LogP contribution in [-0.2, 0) is 0 Å². The summed E-state index contributed by atoms with van der Waals surface area (Å²) in [6.07, 6.45) is 7.73. The minimum atomic E-state index is 0.0661. The lowest BCUT2D eigenvalue weighted by Gasteiger charge is -2.33. The van der Waals surface area contributed by atoms with Crippen molar-refractivity contribution in [1.29, 1.82) is 0 Å². The second-order valence-electron chi connectivity index (χ2n) is 7.47. The molecule has 5 heteroatoms. The Balaban J connectivity index is 1.68. The lowest BCUT2D eigenvalue weighted by atomic mass is 9.95. The van der Waals surface area contributed by atoms with E-state index in [4.69, 9.17) is 5.84 Å². The van der Waals surface area contributed by atoms with Crippen molar-refractivity contribution >= 4 is 33.6 Å². The standard InChI is InChI=1S/C23H27N3OS/c1-3-19(4-2)25-10-7-16(8-11-25)21-14-26(24)22-6-5-17(13-20(21)22)23(27)18-9-12-28-15-18/h5-7,9,12-15,19H,3-4,8,10-11,24H2,1-2H3. The van der Waals surface area contributed by atoms with Gasteiger partial charge in [0, 0.05) is 52.8 Å². The molecule has 3 heterocycles. The molecule has 4 nitrogen and oxygen atoms in total. The van der Waals surface area contributed by atoms with Gasteiger partial charge in [-0.2, -0.15) is 11.3 Å². The molecule has 0 fully saturated rings. The molecular formula is C23H27N3OS. The van der Waals surface area contributed by atoms with Gasteiger partial charge in [-0.1, -0.05) is 19.9 Å². The first-order chi connectivity index (χ1) is 13.6. The summed E-state index contributed by atoms with van der Waals surface area (Å²) in [7, 11) is 0. The van der Waals surface area contributed by atoms with E-state index in [1.54, 1.807) is 16.0 Å². The largest absolute Gasteiger partial charge is 0.339 e. The van der Waals surface area contributed by atoms with Crippen LogP contribution in [0.25, 0.3) is 16.5 Å². The summed E-state index contributed by atoms with van der Waals surface area (Å²) in [5.74, 6) is 6.28. The number of hydrogen-bond acceptors (Lipinski definition) is 4. The third-order valence-corrected chi connectivity index (χ3v) is 6.61. The summed E-state index contributed by atoms with van der Waals surface area (Å²) in [4.78, 5) is 15.3. The van der Waals surface area contributed by atoms with Gasteiger partial charge in [0.2, 0.25) is 0 Å². The van der Waals surface area contributed by atoms with Crippen molar-refractivity contribution < 1.29 is 4.79 Å². The van der Waals surface area contributed by atoms with E-state index in [1.807, 2.05) is 41.2 Å². The van der Waals surface area contributed by atoms with Gasteiger partial charge in [0.05, 0.1) is 5.52 Å². The van der Waals surface area contributed by atoms with Gasteiger partial charge in [-0.25, -0.2) is 0 Å². The van der Waals surface area contributed by atoms with E-state index in [9.17, 15) is 4.79 Å². The number of carbonyl (C=O) groups is 1. The van der Waals surface area contributed by atoms with Crippen LogP contribution in [0.5, 0.6) is 0 Å². The second-order valence-corrected chi connectivity index (χ2v) is 8.25. The number of thiophene rings is 1.